The topological polar surface area (TPSA) is 44.8 Å². The van der Waals surface area contributed by atoms with Crippen LogP contribution in [0.4, 0.5) is 0 Å². The summed E-state index contributed by atoms with van der Waals surface area (Å²) in [7, 11) is 0. The third kappa shape index (κ3) is 7.51. The molecule has 0 aromatic rings. The van der Waals surface area contributed by atoms with E-state index in [1.54, 1.807) is 5.57 Å². The van der Waals surface area contributed by atoms with Crippen LogP contribution < -0.4 is 0 Å². The molecule has 0 aromatic heterocycles. The molecule has 0 radical (unpaired) electrons. The highest BCUT2D eigenvalue weighted by atomic mass is 16.7. The van der Waals surface area contributed by atoms with Crippen molar-refractivity contribution < 1.29 is 19.0 Å². The predicted molar refractivity (Wildman–Crippen MR) is 214 cm³/mol. The molecule has 0 aromatic carbocycles. The van der Waals surface area contributed by atoms with Gasteiger partial charge in [0.25, 0.3) is 0 Å². The fourth-order valence-electron chi connectivity index (χ4n) is 12.4. The maximum atomic E-state index is 8.81. The summed E-state index contributed by atoms with van der Waals surface area (Å²) in [5.41, 5.74) is 4.37. The Morgan fingerprint density at radius 1 is 0.902 bits per heavy atom. The van der Waals surface area contributed by atoms with Crippen LogP contribution >= 0.6 is 0 Å². The molecule has 4 heteroatoms. The van der Waals surface area contributed by atoms with Crippen LogP contribution in [-0.4, -0.2) is 37.5 Å². The Hall–Kier alpha value is -1.75. The van der Waals surface area contributed by atoms with E-state index >= 15 is 0 Å². The summed E-state index contributed by atoms with van der Waals surface area (Å²) in [5.74, 6) is 1.48. The van der Waals surface area contributed by atoms with Crippen LogP contribution in [0.25, 0.3) is 0 Å². The average molecular weight is 705 g/mol. The molecule has 4 nitrogen and oxygen atoms in total. The summed E-state index contributed by atoms with van der Waals surface area (Å²) in [5, 5.41) is 0. The van der Waals surface area contributed by atoms with E-state index in [1.165, 1.54) is 63.9 Å². The molecule has 0 bridgehead atoms. The van der Waals surface area contributed by atoms with Crippen molar-refractivity contribution in [3.8, 4) is 0 Å². The van der Waals surface area contributed by atoms with Gasteiger partial charge in [0.2, 0.25) is 0 Å². The molecule has 4 saturated carbocycles. The largest absolute Gasteiger partial charge is 0.373 e. The summed E-state index contributed by atoms with van der Waals surface area (Å²) < 4.78 is 20.0. The van der Waals surface area contributed by atoms with E-state index < -0.39 is 5.79 Å². The molecule has 1 aliphatic heterocycles. The molecule has 0 amide bonds. The second-order valence-corrected chi connectivity index (χ2v) is 19.5. The summed E-state index contributed by atoms with van der Waals surface area (Å²) in [4.78, 5) is 8.81. The molecule has 6 aliphatic rings. The standard InChI is InChI=1S/C41H64O3.C4H8.C2H4O/c1-12-14-15-28(13-2)26-42-34-25-35(3,4)24-30-29-16-17-32-38(8)20-19-33-39(9,27-43-36(5,6)44-33)31(38)18-21-41(32,11)40(29,10)23-22-37(30,34)7;1-3-4-2;1-2-3/h12-16,30-34H,2,17-27H2,1,3-11H3;3H,1,4H2,2H3;2H,1H3/b14-12-,28-15+;;. The number of allylic oxidation sites excluding steroid dienone is 6. The Bertz CT molecular complexity index is 1350. The molecule has 5 aliphatic carbocycles. The van der Waals surface area contributed by atoms with Crippen LogP contribution in [0.5, 0.6) is 0 Å². The van der Waals surface area contributed by atoms with Gasteiger partial charge in [0, 0.05) is 10.8 Å². The SMILES string of the molecule is C=C/C(=C\C=C/C)COC1CC(C)(C)CC2C3=CCC4C5(C)CCC6OC(C)(C)OCC6(C)C5CCC4(C)C3(C)CCC12C.C=CCC.CC=O. The van der Waals surface area contributed by atoms with Gasteiger partial charge in [-0.1, -0.05) is 104 Å². The number of carbonyl (C=O) groups is 1. The molecule has 1 saturated heterocycles. The van der Waals surface area contributed by atoms with Gasteiger partial charge in [-0.05, 0) is 137 Å². The van der Waals surface area contributed by atoms with Gasteiger partial charge in [-0.3, -0.25) is 0 Å². The molecule has 6 rings (SSSR count). The minimum Gasteiger partial charge on any atom is -0.373 e. The normalized spacial score (nSPS) is 43.5. The maximum absolute atomic E-state index is 8.81. The van der Waals surface area contributed by atoms with Crippen LogP contribution in [0.3, 0.4) is 0 Å². The van der Waals surface area contributed by atoms with Crippen LogP contribution in [0, 0.1) is 50.2 Å². The Morgan fingerprint density at radius 3 is 2.18 bits per heavy atom. The Kier molecular flexibility index (Phi) is 12.8. The van der Waals surface area contributed by atoms with E-state index in [9.17, 15) is 0 Å². The number of aldehydes is 1. The van der Waals surface area contributed by atoms with Gasteiger partial charge >= 0.3 is 0 Å². The molecule has 1 heterocycles. The fourth-order valence-corrected chi connectivity index (χ4v) is 12.4. The van der Waals surface area contributed by atoms with E-state index in [0.717, 1.165) is 25.7 Å². The number of hydrogen-bond donors (Lipinski definition) is 0. The smallest absolute Gasteiger partial charge is 0.163 e. The zero-order valence-corrected chi connectivity index (χ0v) is 35.0. The minimum absolute atomic E-state index is 0.101. The van der Waals surface area contributed by atoms with E-state index in [2.05, 4.69) is 114 Å². The number of carbonyl (C=O) groups excluding carboxylic acids is 1. The van der Waals surface area contributed by atoms with Crippen LogP contribution in [0.1, 0.15) is 147 Å². The first kappa shape index (κ1) is 42.0. The lowest BCUT2D eigenvalue weighted by molar-refractivity contribution is -0.351. The first-order valence-corrected chi connectivity index (χ1v) is 20.4. The lowest BCUT2D eigenvalue weighted by atomic mass is 9.33. The van der Waals surface area contributed by atoms with Crippen LogP contribution in [0.15, 0.2) is 60.8 Å². The van der Waals surface area contributed by atoms with E-state index in [1.807, 2.05) is 12.2 Å². The van der Waals surface area contributed by atoms with Gasteiger partial charge in [-0.2, -0.15) is 0 Å². The fraction of sp³-hybridized carbons (Fsp3) is 0.766. The average Bonchev–Trinajstić information content (AvgIpc) is 3.06. The Morgan fingerprint density at radius 2 is 1.57 bits per heavy atom. The third-order valence-corrected chi connectivity index (χ3v) is 15.5. The van der Waals surface area contributed by atoms with Crippen LogP contribution in [-0.2, 0) is 19.0 Å². The first-order valence-electron chi connectivity index (χ1n) is 20.4. The van der Waals surface area contributed by atoms with Gasteiger partial charge in [0.15, 0.2) is 5.79 Å². The van der Waals surface area contributed by atoms with Gasteiger partial charge in [0.05, 0.1) is 25.4 Å². The molecule has 0 spiro atoms. The van der Waals surface area contributed by atoms with Crippen molar-refractivity contribution >= 4 is 6.29 Å². The summed E-state index contributed by atoms with van der Waals surface area (Å²) in [6, 6.07) is 0. The summed E-state index contributed by atoms with van der Waals surface area (Å²) in [6.07, 6.45) is 26.6. The van der Waals surface area contributed by atoms with Crippen molar-refractivity contribution in [2.45, 2.75) is 165 Å². The molecule has 0 N–H and O–H groups in total. The maximum Gasteiger partial charge on any atom is 0.163 e. The number of ether oxygens (including phenoxy) is 3. The zero-order chi connectivity index (χ0) is 38.1. The van der Waals surface area contributed by atoms with Gasteiger partial charge in [-0.25, -0.2) is 0 Å². The summed E-state index contributed by atoms with van der Waals surface area (Å²) >= 11 is 0. The lowest BCUT2D eigenvalue weighted by Crippen LogP contribution is -2.68. The van der Waals surface area contributed by atoms with Crippen molar-refractivity contribution in [2.75, 3.05) is 13.2 Å². The number of fused-ring (bicyclic) bond motifs is 9. The lowest BCUT2D eigenvalue weighted by Gasteiger charge is -2.72. The predicted octanol–water partition coefficient (Wildman–Crippen LogP) is 12.4. The molecule has 10 atom stereocenters. The van der Waals surface area contributed by atoms with Crippen molar-refractivity contribution in [3.63, 3.8) is 0 Å². The highest BCUT2D eigenvalue weighted by molar-refractivity contribution is 5.44. The Labute approximate surface area is 314 Å². The first-order chi connectivity index (χ1) is 23.8. The van der Waals surface area contributed by atoms with E-state index in [0.29, 0.717) is 41.3 Å². The van der Waals surface area contributed by atoms with Gasteiger partial charge in [-0.15, -0.1) is 6.58 Å². The Balaban J connectivity index is 0.000000767. The second kappa shape index (κ2) is 15.5. The highest BCUT2D eigenvalue weighted by Gasteiger charge is 2.70. The molecule has 288 valence electrons. The molecule has 10 unspecified atom stereocenters. The van der Waals surface area contributed by atoms with Gasteiger partial charge in [0.1, 0.15) is 6.29 Å². The third-order valence-electron chi connectivity index (χ3n) is 15.5. The second-order valence-electron chi connectivity index (χ2n) is 19.5. The van der Waals surface area contributed by atoms with Gasteiger partial charge < -0.3 is 19.0 Å². The number of hydrogen-bond acceptors (Lipinski definition) is 4. The monoisotopic (exact) mass is 705 g/mol. The molecule has 51 heavy (non-hydrogen) atoms. The molecular weight excluding hydrogens is 629 g/mol. The summed E-state index contributed by atoms with van der Waals surface area (Å²) in [6.45, 7) is 37.0. The highest BCUT2D eigenvalue weighted by Crippen LogP contribution is 2.76. The van der Waals surface area contributed by atoms with Crippen molar-refractivity contribution in [2.24, 2.45) is 50.2 Å². The molecular formula is C47H76O4. The van der Waals surface area contributed by atoms with E-state index in [-0.39, 0.29) is 27.8 Å². The number of rotatable bonds is 6. The van der Waals surface area contributed by atoms with Crippen molar-refractivity contribution in [3.05, 3.63) is 60.8 Å². The van der Waals surface area contributed by atoms with Crippen LogP contribution in [0.2, 0.25) is 0 Å². The van der Waals surface area contributed by atoms with Crippen molar-refractivity contribution in [1.82, 2.24) is 0 Å². The zero-order valence-electron chi connectivity index (χ0n) is 35.0. The van der Waals surface area contributed by atoms with Crippen molar-refractivity contribution in [1.29, 1.82) is 0 Å². The van der Waals surface area contributed by atoms with E-state index in [4.69, 9.17) is 19.0 Å². The molecule has 5 fully saturated rings. The quantitative estimate of drug-likeness (QED) is 0.157. The minimum atomic E-state index is -0.461.